The van der Waals surface area contributed by atoms with Crippen molar-refractivity contribution >= 4 is 23.6 Å². The molecular formula is C17H17N5O2S. The molecule has 8 heteroatoms. The Morgan fingerprint density at radius 1 is 1.20 bits per heavy atom. The average molecular weight is 355 g/mol. The first-order valence-electron chi connectivity index (χ1n) is 7.59. The number of imidazole rings is 1. The summed E-state index contributed by atoms with van der Waals surface area (Å²) in [6.07, 6.45) is 6.71. The van der Waals surface area contributed by atoms with Crippen molar-refractivity contribution in [3.8, 4) is 11.4 Å². The Morgan fingerprint density at radius 2 is 2.00 bits per heavy atom. The maximum absolute atomic E-state index is 12.3. The number of benzene rings is 1. The monoisotopic (exact) mass is 355 g/mol. The lowest BCUT2D eigenvalue weighted by Gasteiger charge is -2.13. The molecule has 1 aromatic carbocycles. The van der Waals surface area contributed by atoms with E-state index in [4.69, 9.17) is 4.74 Å². The van der Waals surface area contributed by atoms with E-state index in [0.29, 0.717) is 5.16 Å². The van der Waals surface area contributed by atoms with E-state index in [1.807, 2.05) is 42.0 Å². The predicted octanol–water partition coefficient (Wildman–Crippen LogP) is 2.79. The zero-order valence-corrected chi connectivity index (χ0v) is 14.6. The number of nitrogens with zero attached hydrogens (tertiary/aromatic N) is 4. The van der Waals surface area contributed by atoms with Crippen LogP contribution < -0.4 is 10.1 Å². The highest BCUT2D eigenvalue weighted by molar-refractivity contribution is 8.00. The lowest BCUT2D eigenvalue weighted by Crippen LogP contribution is -2.23. The minimum absolute atomic E-state index is 0.184. The molecule has 0 aliphatic heterocycles. The van der Waals surface area contributed by atoms with E-state index in [1.54, 1.807) is 31.8 Å². The van der Waals surface area contributed by atoms with Crippen LogP contribution in [0.25, 0.3) is 5.69 Å². The Hall–Kier alpha value is -2.87. The lowest BCUT2D eigenvalue weighted by molar-refractivity contribution is -0.115. The van der Waals surface area contributed by atoms with E-state index in [1.165, 1.54) is 11.8 Å². The van der Waals surface area contributed by atoms with E-state index in [0.717, 1.165) is 11.4 Å². The van der Waals surface area contributed by atoms with Crippen LogP contribution in [0.5, 0.6) is 5.75 Å². The molecule has 0 bridgehead atoms. The largest absolute Gasteiger partial charge is 0.497 e. The second kappa shape index (κ2) is 7.80. The molecular weight excluding hydrogens is 338 g/mol. The summed E-state index contributed by atoms with van der Waals surface area (Å²) in [4.78, 5) is 24.7. The fourth-order valence-corrected chi connectivity index (χ4v) is 3.00. The summed E-state index contributed by atoms with van der Waals surface area (Å²) in [7, 11) is 1.63. The molecule has 0 spiro atoms. The standard InChI is InChI=1S/C17H17N5O2S/c1-12(15(23)21-16-18-7-4-8-19-16)25-17-20-9-10-22(17)13-5-3-6-14(11-13)24-2/h3-12H,1-2H3,(H,18,19,21,23). The van der Waals surface area contributed by atoms with Crippen LogP contribution in [0.2, 0.25) is 0 Å². The van der Waals surface area contributed by atoms with Crippen molar-refractivity contribution in [2.24, 2.45) is 0 Å². The van der Waals surface area contributed by atoms with Gasteiger partial charge in [0.05, 0.1) is 18.0 Å². The molecule has 1 atom stereocenters. The number of carbonyl (C=O) groups excluding carboxylic acids is 1. The molecule has 2 heterocycles. The van der Waals surface area contributed by atoms with Gasteiger partial charge in [-0.05, 0) is 25.1 Å². The van der Waals surface area contributed by atoms with Crippen molar-refractivity contribution in [2.75, 3.05) is 12.4 Å². The summed E-state index contributed by atoms with van der Waals surface area (Å²) in [5.41, 5.74) is 0.915. The third-order valence-corrected chi connectivity index (χ3v) is 4.47. The van der Waals surface area contributed by atoms with Gasteiger partial charge in [-0.2, -0.15) is 0 Å². The minimum Gasteiger partial charge on any atom is -0.497 e. The van der Waals surface area contributed by atoms with E-state index >= 15 is 0 Å². The molecule has 0 saturated heterocycles. The average Bonchev–Trinajstić information content (AvgIpc) is 3.10. The van der Waals surface area contributed by atoms with E-state index in [9.17, 15) is 4.79 Å². The van der Waals surface area contributed by atoms with Crippen molar-refractivity contribution in [1.82, 2.24) is 19.5 Å². The summed E-state index contributed by atoms with van der Waals surface area (Å²) in [5, 5.41) is 3.04. The molecule has 3 aromatic rings. The van der Waals surface area contributed by atoms with Crippen molar-refractivity contribution in [3.63, 3.8) is 0 Å². The van der Waals surface area contributed by atoms with Crippen LogP contribution in [-0.4, -0.2) is 37.8 Å². The molecule has 0 fully saturated rings. The zero-order chi connectivity index (χ0) is 17.6. The Bertz CT molecular complexity index is 853. The molecule has 7 nitrogen and oxygen atoms in total. The summed E-state index contributed by atoms with van der Waals surface area (Å²) in [6.45, 7) is 1.81. The van der Waals surface area contributed by atoms with Crippen LogP contribution in [-0.2, 0) is 4.79 Å². The smallest absolute Gasteiger partial charge is 0.240 e. The number of hydrogen-bond acceptors (Lipinski definition) is 6. The first kappa shape index (κ1) is 17.0. The number of hydrogen-bond donors (Lipinski definition) is 1. The summed E-state index contributed by atoms with van der Waals surface area (Å²) in [5.74, 6) is 0.863. The van der Waals surface area contributed by atoms with Gasteiger partial charge in [-0.1, -0.05) is 17.8 Å². The van der Waals surface area contributed by atoms with Crippen molar-refractivity contribution in [2.45, 2.75) is 17.3 Å². The van der Waals surface area contributed by atoms with Gasteiger partial charge in [0.25, 0.3) is 0 Å². The molecule has 1 unspecified atom stereocenters. The maximum atomic E-state index is 12.3. The third-order valence-electron chi connectivity index (χ3n) is 3.39. The number of carbonyl (C=O) groups is 1. The van der Waals surface area contributed by atoms with Gasteiger partial charge in [0.15, 0.2) is 5.16 Å². The number of nitrogens with one attached hydrogen (secondary N) is 1. The summed E-state index contributed by atoms with van der Waals surface area (Å²) in [6, 6.07) is 9.35. The second-order valence-corrected chi connectivity index (χ2v) is 6.41. The lowest BCUT2D eigenvalue weighted by atomic mass is 10.3. The SMILES string of the molecule is COc1cccc(-n2ccnc2SC(C)C(=O)Nc2ncccn2)c1. The number of methoxy groups -OCH3 is 1. The molecule has 128 valence electrons. The van der Waals surface area contributed by atoms with Gasteiger partial charge in [0.2, 0.25) is 11.9 Å². The van der Waals surface area contributed by atoms with E-state index in [2.05, 4.69) is 20.3 Å². The summed E-state index contributed by atoms with van der Waals surface area (Å²) >= 11 is 1.36. The Kier molecular flexibility index (Phi) is 5.30. The quantitative estimate of drug-likeness (QED) is 0.685. The Balaban J connectivity index is 1.73. The van der Waals surface area contributed by atoms with Crippen LogP contribution in [0.3, 0.4) is 0 Å². The van der Waals surface area contributed by atoms with Crippen molar-refractivity contribution in [1.29, 1.82) is 0 Å². The van der Waals surface area contributed by atoms with Crippen molar-refractivity contribution in [3.05, 3.63) is 55.1 Å². The molecule has 25 heavy (non-hydrogen) atoms. The summed E-state index contributed by atoms with van der Waals surface area (Å²) < 4.78 is 7.17. The first-order chi connectivity index (χ1) is 12.2. The van der Waals surface area contributed by atoms with Gasteiger partial charge in [-0.3, -0.25) is 14.7 Å². The number of anilines is 1. The molecule has 1 N–H and O–H groups in total. The van der Waals surface area contributed by atoms with Crippen LogP contribution in [0, 0.1) is 0 Å². The van der Waals surface area contributed by atoms with E-state index in [-0.39, 0.29) is 17.1 Å². The fourth-order valence-electron chi connectivity index (χ4n) is 2.12. The molecule has 2 aromatic heterocycles. The Morgan fingerprint density at radius 3 is 2.76 bits per heavy atom. The normalized spacial score (nSPS) is 11.8. The number of rotatable bonds is 6. The fraction of sp³-hybridized carbons (Fsp3) is 0.176. The third kappa shape index (κ3) is 4.16. The van der Waals surface area contributed by atoms with Crippen LogP contribution in [0.4, 0.5) is 5.95 Å². The minimum atomic E-state index is -0.365. The van der Waals surface area contributed by atoms with Crippen LogP contribution in [0.1, 0.15) is 6.92 Å². The molecule has 0 aliphatic rings. The number of aromatic nitrogens is 4. The van der Waals surface area contributed by atoms with Gasteiger partial charge < -0.3 is 4.74 Å². The number of amides is 1. The van der Waals surface area contributed by atoms with Gasteiger partial charge in [-0.25, -0.2) is 15.0 Å². The Labute approximate surface area is 149 Å². The van der Waals surface area contributed by atoms with Crippen LogP contribution >= 0.6 is 11.8 Å². The number of thioether (sulfide) groups is 1. The van der Waals surface area contributed by atoms with Gasteiger partial charge in [0.1, 0.15) is 5.75 Å². The predicted molar refractivity (Wildman–Crippen MR) is 96.1 cm³/mol. The van der Waals surface area contributed by atoms with E-state index < -0.39 is 0 Å². The van der Waals surface area contributed by atoms with Gasteiger partial charge in [-0.15, -0.1) is 0 Å². The number of ether oxygens (including phenoxy) is 1. The molecule has 0 radical (unpaired) electrons. The second-order valence-electron chi connectivity index (χ2n) is 5.10. The zero-order valence-electron chi connectivity index (χ0n) is 13.8. The first-order valence-corrected chi connectivity index (χ1v) is 8.47. The highest BCUT2D eigenvalue weighted by Crippen LogP contribution is 2.26. The van der Waals surface area contributed by atoms with Gasteiger partial charge >= 0.3 is 0 Å². The van der Waals surface area contributed by atoms with Crippen molar-refractivity contribution < 1.29 is 9.53 Å². The molecule has 0 aliphatic carbocycles. The maximum Gasteiger partial charge on any atom is 0.240 e. The highest BCUT2D eigenvalue weighted by atomic mass is 32.2. The molecule has 1 amide bonds. The molecule has 3 rings (SSSR count). The van der Waals surface area contributed by atoms with Crippen LogP contribution in [0.15, 0.2) is 60.3 Å². The van der Waals surface area contributed by atoms with Gasteiger partial charge in [0, 0.05) is 30.9 Å². The topological polar surface area (TPSA) is 81.9 Å². The highest BCUT2D eigenvalue weighted by Gasteiger charge is 2.18. The molecule has 0 saturated carbocycles.